The monoisotopic (exact) mass is 435 g/mol. The Balaban J connectivity index is 1.53. The van der Waals surface area contributed by atoms with Crippen molar-refractivity contribution in [3.05, 3.63) is 88.8 Å². The molecule has 2 N–H and O–H groups in total. The quantitative estimate of drug-likeness (QED) is 0.448. The molecule has 0 radical (unpaired) electrons. The van der Waals surface area contributed by atoms with Gasteiger partial charge in [-0.1, -0.05) is 29.8 Å². The molecule has 0 fully saturated rings. The fourth-order valence-electron chi connectivity index (χ4n) is 3.41. The first-order valence-corrected chi connectivity index (χ1v) is 10.2. The number of halogens is 1. The van der Waals surface area contributed by atoms with Crippen LogP contribution in [0.15, 0.2) is 67.1 Å². The van der Waals surface area contributed by atoms with Crippen molar-refractivity contribution >= 4 is 17.5 Å². The Morgan fingerprint density at radius 1 is 1.26 bits per heavy atom. The van der Waals surface area contributed by atoms with Gasteiger partial charge in [0.2, 0.25) is 0 Å². The Kier molecular flexibility index (Phi) is 6.04. The van der Waals surface area contributed by atoms with Crippen LogP contribution in [-0.2, 0) is 6.54 Å². The van der Waals surface area contributed by atoms with E-state index in [1.807, 2.05) is 54.2 Å². The second-order valence-electron chi connectivity index (χ2n) is 7.14. The van der Waals surface area contributed by atoms with E-state index in [0.29, 0.717) is 22.8 Å². The molecule has 31 heavy (non-hydrogen) atoms. The minimum atomic E-state index is -0.220. The summed E-state index contributed by atoms with van der Waals surface area (Å²) in [5.74, 6) is 0.563. The summed E-state index contributed by atoms with van der Waals surface area (Å²) in [7, 11) is 1.64. The number of methoxy groups -OCH3 is 1. The zero-order valence-electron chi connectivity index (χ0n) is 17.2. The molecule has 4 rings (SSSR count). The molecule has 0 aliphatic heterocycles. The van der Waals surface area contributed by atoms with Gasteiger partial charge in [-0.3, -0.25) is 14.6 Å². The van der Waals surface area contributed by atoms with Crippen molar-refractivity contribution < 1.29 is 9.53 Å². The van der Waals surface area contributed by atoms with Crippen LogP contribution >= 0.6 is 11.6 Å². The van der Waals surface area contributed by atoms with E-state index < -0.39 is 0 Å². The smallest absolute Gasteiger partial charge is 0.255 e. The molecule has 158 valence electrons. The van der Waals surface area contributed by atoms with Crippen molar-refractivity contribution in [2.24, 2.45) is 0 Å². The number of carbonyl (C=O) groups is 1. The topological polar surface area (TPSA) is 84.8 Å². The van der Waals surface area contributed by atoms with Crippen LogP contribution in [0, 0.1) is 0 Å². The molecule has 1 atom stereocenters. The van der Waals surface area contributed by atoms with Gasteiger partial charge in [0.1, 0.15) is 5.75 Å². The normalized spacial score (nSPS) is 11.8. The van der Waals surface area contributed by atoms with E-state index >= 15 is 0 Å². The van der Waals surface area contributed by atoms with Gasteiger partial charge in [0, 0.05) is 28.5 Å². The van der Waals surface area contributed by atoms with Gasteiger partial charge >= 0.3 is 0 Å². The maximum Gasteiger partial charge on any atom is 0.255 e. The minimum Gasteiger partial charge on any atom is -0.496 e. The summed E-state index contributed by atoms with van der Waals surface area (Å²) in [6.45, 7) is 2.52. The maximum atomic E-state index is 13.0. The fourth-order valence-corrected chi connectivity index (χ4v) is 3.54. The van der Waals surface area contributed by atoms with Crippen LogP contribution in [0.1, 0.15) is 34.5 Å². The third-order valence-corrected chi connectivity index (χ3v) is 5.31. The van der Waals surface area contributed by atoms with Gasteiger partial charge in [-0.2, -0.15) is 10.2 Å². The Hall–Kier alpha value is -3.58. The molecule has 0 aliphatic rings. The number of aromatic nitrogens is 4. The molecular weight excluding hydrogens is 414 g/mol. The number of hydrogen-bond donors (Lipinski definition) is 2. The van der Waals surface area contributed by atoms with E-state index in [9.17, 15) is 4.79 Å². The van der Waals surface area contributed by atoms with Crippen LogP contribution in [0.5, 0.6) is 5.75 Å². The van der Waals surface area contributed by atoms with Gasteiger partial charge in [0.25, 0.3) is 5.91 Å². The fraction of sp³-hybridized carbons (Fsp3) is 0.174. The van der Waals surface area contributed by atoms with E-state index in [1.54, 1.807) is 25.4 Å². The second-order valence-corrected chi connectivity index (χ2v) is 7.57. The van der Waals surface area contributed by atoms with E-state index in [4.69, 9.17) is 16.3 Å². The summed E-state index contributed by atoms with van der Waals surface area (Å²) in [4.78, 5) is 13.0. The lowest BCUT2D eigenvalue weighted by Crippen LogP contribution is -2.27. The highest BCUT2D eigenvalue weighted by Crippen LogP contribution is 2.26. The molecule has 0 saturated carbocycles. The van der Waals surface area contributed by atoms with Gasteiger partial charge in [-0.15, -0.1) is 0 Å². The average Bonchev–Trinajstić information content (AvgIpc) is 3.46. The molecule has 2 heterocycles. The number of amides is 1. The van der Waals surface area contributed by atoms with Crippen molar-refractivity contribution in [2.75, 3.05) is 7.11 Å². The molecule has 4 aromatic rings. The highest BCUT2D eigenvalue weighted by Gasteiger charge is 2.19. The van der Waals surface area contributed by atoms with Gasteiger partial charge in [-0.25, -0.2) is 0 Å². The summed E-state index contributed by atoms with van der Waals surface area (Å²) in [5.41, 5.74) is 3.91. The van der Waals surface area contributed by atoms with Crippen LogP contribution in [0.3, 0.4) is 0 Å². The number of hydrogen-bond acceptors (Lipinski definition) is 4. The molecule has 1 amide bonds. The Labute approximate surface area is 185 Å². The van der Waals surface area contributed by atoms with Crippen LogP contribution in [0.2, 0.25) is 5.02 Å². The summed E-state index contributed by atoms with van der Waals surface area (Å²) in [6.07, 6.45) is 5.17. The van der Waals surface area contributed by atoms with Gasteiger partial charge in [0.05, 0.1) is 37.2 Å². The maximum absolute atomic E-state index is 13.0. The Morgan fingerprint density at radius 2 is 2.06 bits per heavy atom. The molecule has 0 saturated heterocycles. The molecule has 8 heteroatoms. The minimum absolute atomic E-state index is 0.212. The van der Waals surface area contributed by atoms with Crippen LogP contribution < -0.4 is 10.1 Å². The zero-order valence-corrected chi connectivity index (χ0v) is 17.9. The number of nitrogens with zero attached hydrogens (tertiary/aromatic N) is 3. The first kappa shape index (κ1) is 20.7. The third-order valence-electron chi connectivity index (χ3n) is 5.06. The van der Waals surface area contributed by atoms with Gasteiger partial charge in [0.15, 0.2) is 0 Å². The van der Waals surface area contributed by atoms with Crippen LogP contribution in [0.4, 0.5) is 0 Å². The summed E-state index contributed by atoms with van der Waals surface area (Å²) >= 11 is 5.97. The molecule has 1 unspecified atom stereocenters. The average molecular weight is 436 g/mol. The lowest BCUT2D eigenvalue weighted by atomic mass is 10.0. The van der Waals surface area contributed by atoms with E-state index in [2.05, 4.69) is 20.6 Å². The second kappa shape index (κ2) is 9.06. The summed E-state index contributed by atoms with van der Waals surface area (Å²) in [5, 5.41) is 14.9. The molecule has 7 nitrogen and oxygen atoms in total. The number of benzene rings is 2. The zero-order chi connectivity index (χ0) is 21.8. The lowest BCUT2D eigenvalue weighted by molar-refractivity contribution is 0.0940. The van der Waals surface area contributed by atoms with Crippen molar-refractivity contribution in [2.45, 2.75) is 19.5 Å². The molecule has 2 aromatic heterocycles. The lowest BCUT2D eigenvalue weighted by Gasteiger charge is -2.17. The number of nitrogens with one attached hydrogen (secondary N) is 2. The summed E-state index contributed by atoms with van der Waals surface area (Å²) in [6, 6.07) is 14.8. The highest BCUT2D eigenvalue weighted by atomic mass is 35.5. The molecule has 0 aliphatic carbocycles. The predicted molar refractivity (Wildman–Crippen MR) is 119 cm³/mol. The SMILES string of the molecule is COc1ccc(C(C)NC(=O)c2cn[nH]c2-c2ccc(Cl)cc2)cc1Cn1cccn1. The first-order chi connectivity index (χ1) is 15.0. The van der Waals surface area contributed by atoms with E-state index in [0.717, 1.165) is 22.4 Å². The Morgan fingerprint density at radius 3 is 2.77 bits per heavy atom. The molecule has 0 bridgehead atoms. The van der Waals surface area contributed by atoms with Crippen molar-refractivity contribution in [3.8, 4) is 17.0 Å². The van der Waals surface area contributed by atoms with Crippen molar-refractivity contribution in [3.63, 3.8) is 0 Å². The number of rotatable bonds is 7. The Bertz CT molecular complexity index is 1170. The third kappa shape index (κ3) is 4.62. The standard InChI is InChI=1S/C23H22ClN5O2/c1-15(17-6-9-21(31-2)18(12-17)14-29-11-3-10-26-29)27-23(30)20-13-25-28-22(20)16-4-7-19(24)8-5-16/h3-13,15H,14H2,1-2H3,(H,25,28)(H,27,30). The van der Waals surface area contributed by atoms with Gasteiger partial charge in [-0.05, 0) is 42.8 Å². The largest absolute Gasteiger partial charge is 0.496 e. The van der Waals surface area contributed by atoms with E-state index in [-0.39, 0.29) is 11.9 Å². The van der Waals surface area contributed by atoms with E-state index in [1.165, 1.54) is 6.20 Å². The predicted octanol–water partition coefficient (Wildman–Crippen LogP) is 4.47. The van der Waals surface area contributed by atoms with Crippen LogP contribution in [0.25, 0.3) is 11.3 Å². The molecule has 0 spiro atoms. The number of ether oxygens (including phenoxy) is 1. The number of H-pyrrole nitrogens is 1. The molecule has 2 aromatic carbocycles. The van der Waals surface area contributed by atoms with Crippen molar-refractivity contribution in [1.29, 1.82) is 0 Å². The highest BCUT2D eigenvalue weighted by molar-refractivity contribution is 6.30. The number of aromatic amines is 1. The van der Waals surface area contributed by atoms with Crippen LogP contribution in [-0.4, -0.2) is 33.0 Å². The number of carbonyl (C=O) groups excluding carboxylic acids is 1. The molecular formula is C23H22ClN5O2. The van der Waals surface area contributed by atoms with Crippen molar-refractivity contribution in [1.82, 2.24) is 25.3 Å². The summed E-state index contributed by atoms with van der Waals surface area (Å²) < 4.78 is 7.32. The van der Waals surface area contributed by atoms with Gasteiger partial charge < -0.3 is 10.1 Å². The first-order valence-electron chi connectivity index (χ1n) is 9.79.